The predicted octanol–water partition coefficient (Wildman–Crippen LogP) is 2.32. The summed E-state index contributed by atoms with van der Waals surface area (Å²) >= 11 is 0. The summed E-state index contributed by atoms with van der Waals surface area (Å²) in [5.41, 5.74) is 0.639. The number of nitrogens with zero attached hydrogens (tertiary/aromatic N) is 1. The molecule has 118 valence electrons. The number of hydrogen-bond acceptors (Lipinski definition) is 3. The third-order valence-electron chi connectivity index (χ3n) is 4.31. The highest BCUT2D eigenvalue weighted by Crippen LogP contribution is 2.22. The topological polar surface area (TPSA) is 35.5 Å². The molecule has 0 amide bonds. The van der Waals surface area contributed by atoms with Gasteiger partial charge in [0.05, 0.1) is 6.10 Å². The smallest absolute Gasteiger partial charge is 0.126 e. The van der Waals surface area contributed by atoms with Crippen LogP contribution in [0.2, 0.25) is 0 Å². The molecule has 0 saturated carbocycles. The zero-order chi connectivity index (χ0) is 15.4. The molecule has 5 heteroatoms. The van der Waals surface area contributed by atoms with Crippen LogP contribution in [0.4, 0.5) is 8.78 Å². The lowest BCUT2D eigenvalue weighted by Crippen LogP contribution is -2.42. The van der Waals surface area contributed by atoms with Crippen molar-refractivity contribution in [2.45, 2.75) is 31.9 Å². The number of nitrogens with one attached hydrogen (secondary N) is 1. The second-order valence-corrected chi connectivity index (χ2v) is 5.97. The molecule has 0 spiro atoms. The SMILES string of the molecule is CNC(CCN1CCC(O)C(C)C1)c1cc(F)cc(F)c1. The maximum Gasteiger partial charge on any atom is 0.126 e. The molecule has 1 fully saturated rings. The Kier molecular flexibility index (Phi) is 5.67. The minimum absolute atomic E-state index is 0.0719. The van der Waals surface area contributed by atoms with Crippen molar-refractivity contribution in [3.63, 3.8) is 0 Å². The van der Waals surface area contributed by atoms with Crippen LogP contribution in [0.1, 0.15) is 31.4 Å². The molecule has 1 heterocycles. The molecule has 1 aromatic carbocycles. The van der Waals surface area contributed by atoms with Crippen LogP contribution in [0.25, 0.3) is 0 Å². The van der Waals surface area contributed by atoms with Gasteiger partial charge in [-0.25, -0.2) is 8.78 Å². The average Bonchev–Trinajstić information content (AvgIpc) is 2.42. The van der Waals surface area contributed by atoms with Crippen molar-refractivity contribution in [2.75, 3.05) is 26.7 Å². The first-order valence-electron chi connectivity index (χ1n) is 7.53. The van der Waals surface area contributed by atoms with Crippen molar-refractivity contribution in [1.82, 2.24) is 10.2 Å². The molecule has 3 nitrogen and oxygen atoms in total. The maximum atomic E-state index is 13.3. The Morgan fingerprint density at radius 3 is 2.57 bits per heavy atom. The summed E-state index contributed by atoms with van der Waals surface area (Å²) < 4.78 is 26.6. The van der Waals surface area contributed by atoms with Gasteiger partial charge < -0.3 is 15.3 Å². The van der Waals surface area contributed by atoms with E-state index >= 15 is 0 Å². The van der Waals surface area contributed by atoms with Crippen molar-refractivity contribution in [1.29, 1.82) is 0 Å². The molecule has 1 saturated heterocycles. The monoisotopic (exact) mass is 298 g/mol. The van der Waals surface area contributed by atoms with Crippen molar-refractivity contribution < 1.29 is 13.9 Å². The average molecular weight is 298 g/mol. The number of benzene rings is 1. The van der Waals surface area contributed by atoms with Crippen LogP contribution in [0, 0.1) is 17.6 Å². The zero-order valence-electron chi connectivity index (χ0n) is 12.6. The van der Waals surface area contributed by atoms with Crippen molar-refractivity contribution >= 4 is 0 Å². The molecular formula is C16H24F2N2O. The zero-order valence-corrected chi connectivity index (χ0v) is 12.6. The van der Waals surface area contributed by atoms with Crippen LogP contribution >= 0.6 is 0 Å². The number of likely N-dealkylation sites (tertiary alicyclic amines) is 1. The Morgan fingerprint density at radius 1 is 1.33 bits per heavy atom. The Bertz CT molecular complexity index is 449. The maximum absolute atomic E-state index is 13.3. The number of hydrogen-bond donors (Lipinski definition) is 2. The molecule has 1 aromatic rings. The fraction of sp³-hybridized carbons (Fsp3) is 0.625. The molecule has 0 radical (unpaired) electrons. The van der Waals surface area contributed by atoms with Gasteiger partial charge in [-0.15, -0.1) is 0 Å². The number of piperidine rings is 1. The van der Waals surface area contributed by atoms with E-state index in [1.807, 2.05) is 6.92 Å². The van der Waals surface area contributed by atoms with Crippen LogP contribution in [-0.2, 0) is 0 Å². The van der Waals surface area contributed by atoms with E-state index in [4.69, 9.17) is 0 Å². The summed E-state index contributed by atoms with van der Waals surface area (Å²) in [6.45, 7) is 4.64. The van der Waals surface area contributed by atoms with E-state index in [9.17, 15) is 13.9 Å². The summed E-state index contributed by atoms with van der Waals surface area (Å²) in [6.07, 6.45) is 1.36. The first kappa shape index (κ1) is 16.3. The molecule has 1 aliphatic heterocycles. The lowest BCUT2D eigenvalue weighted by Gasteiger charge is -2.35. The normalized spacial score (nSPS) is 25.0. The van der Waals surface area contributed by atoms with Crippen LogP contribution in [0.15, 0.2) is 18.2 Å². The van der Waals surface area contributed by atoms with E-state index in [0.717, 1.165) is 38.5 Å². The third-order valence-corrected chi connectivity index (χ3v) is 4.31. The van der Waals surface area contributed by atoms with Crippen molar-refractivity contribution in [3.05, 3.63) is 35.4 Å². The van der Waals surface area contributed by atoms with Gasteiger partial charge in [-0.3, -0.25) is 0 Å². The molecule has 3 atom stereocenters. The number of aliphatic hydroxyl groups excluding tert-OH is 1. The number of aliphatic hydroxyl groups is 1. The van der Waals surface area contributed by atoms with Gasteiger partial charge in [0.15, 0.2) is 0 Å². The lowest BCUT2D eigenvalue weighted by atomic mass is 9.96. The summed E-state index contributed by atoms with van der Waals surface area (Å²) in [7, 11) is 1.80. The van der Waals surface area contributed by atoms with Gasteiger partial charge in [0.25, 0.3) is 0 Å². The lowest BCUT2D eigenvalue weighted by molar-refractivity contribution is 0.0338. The standard InChI is InChI=1S/C16H24F2N2O/c1-11-10-20(6-4-16(11)21)5-3-15(19-2)12-7-13(17)9-14(18)8-12/h7-9,11,15-16,19,21H,3-6,10H2,1-2H3. The Morgan fingerprint density at radius 2 is 2.00 bits per heavy atom. The van der Waals surface area contributed by atoms with E-state index in [2.05, 4.69) is 10.2 Å². The van der Waals surface area contributed by atoms with E-state index < -0.39 is 11.6 Å². The summed E-state index contributed by atoms with van der Waals surface area (Å²) in [6, 6.07) is 3.58. The Labute approximate surface area is 125 Å². The number of halogens is 2. The molecule has 0 aliphatic carbocycles. The van der Waals surface area contributed by atoms with Gasteiger partial charge in [-0.1, -0.05) is 6.92 Å². The van der Waals surface area contributed by atoms with E-state index in [-0.39, 0.29) is 18.1 Å². The van der Waals surface area contributed by atoms with Crippen LogP contribution in [0.3, 0.4) is 0 Å². The molecular weight excluding hydrogens is 274 g/mol. The van der Waals surface area contributed by atoms with Crippen LogP contribution in [-0.4, -0.2) is 42.8 Å². The van der Waals surface area contributed by atoms with Gasteiger partial charge in [-0.2, -0.15) is 0 Å². The molecule has 2 rings (SSSR count). The second kappa shape index (κ2) is 7.29. The fourth-order valence-electron chi connectivity index (χ4n) is 2.99. The fourth-order valence-corrected chi connectivity index (χ4v) is 2.99. The largest absolute Gasteiger partial charge is 0.393 e. The molecule has 1 aliphatic rings. The molecule has 0 bridgehead atoms. The van der Waals surface area contributed by atoms with Gasteiger partial charge in [0, 0.05) is 25.2 Å². The van der Waals surface area contributed by atoms with E-state index in [0.29, 0.717) is 5.56 Å². The molecule has 21 heavy (non-hydrogen) atoms. The molecule has 0 aromatic heterocycles. The van der Waals surface area contributed by atoms with Gasteiger partial charge in [0.1, 0.15) is 11.6 Å². The predicted molar refractivity (Wildman–Crippen MR) is 79.0 cm³/mol. The highest BCUT2D eigenvalue weighted by Gasteiger charge is 2.24. The van der Waals surface area contributed by atoms with Crippen molar-refractivity contribution in [3.8, 4) is 0 Å². The third kappa shape index (κ3) is 4.46. The minimum Gasteiger partial charge on any atom is -0.393 e. The minimum atomic E-state index is -0.542. The van der Waals surface area contributed by atoms with Gasteiger partial charge >= 0.3 is 0 Å². The van der Waals surface area contributed by atoms with Gasteiger partial charge in [0.2, 0.25) is 0 Å². The summed E-state index contributed by atoms with van der Waals surface area (Å²) in [5, 5.41) is 12.9. The van der Waals surface area contributed by atoms with Crippen LogP contribution < -0.4 is 5.32 Å². The highest BCUT2D eigenvalue weighted by molar-refractivity contribution is 5.21. The molecule has 2 N–H and O–H groups in total. The Balaban J connectivity index is 1.93. The first-order chi connectivity index (χ1) is 9.99. The first-order valence-corrected chi connectivity index (χ1v) is 7.53. The highest BCUT2D eigenvalue weighted by atomic mass is 19.1. The van der Waals surface area contributed by atoms with Crippen molar-refractivity contribution in [2.24, 2.45) is 5.92 Å². The quantitative estimate of drug-likeness (QED) is 0.876. The van der Waals surface area contributed by atoms with Crippen LogP contribution in [0.5, 0.6) is 0 Å². The molecule has 3 unspecified atom stereocenters. The van der Waals surface area contributed by atoms with E-state index in [1.54, 1.807) is 7.05 Å². The van der Waals surface area contributed by atoms with Gasteiger partial charge in [-0.05, 0) is 50.0 Å². The summed E-state index contributed by atoms with van der Waals surface area (Å²) in [5.74, 6) is -0.807. The second-order valence-electron chi connectivity index (χ2n) is 5.97. The Hall–Kier alpha value is -1.04. The van der Waals surface area contributed by atoms with E-state index in [1.165, 1.54) is 12.1 Å². The summed E-state index contributed by atoms with van der Waals surface area (Å²) in [4.78, 5) is 2.30. The number of rotatable bonds is 5.